The third kappa shape index (κ3) is 3.54. The molecule has 0 fully saturated rings. The quantitative estimate of drug-likeness (QED) is 0.637. The molecule has 22 heavy (non-hydrogen) atoms. The molecule has 5 nitrogen and oxygen atoms in total. The van der Waals surface area contributed by atoms with E-state index in [0.29, 0.717) is 21.9 Å². The van der Waals surface area contributed by atoms with E-state index in [9.17, 15) is 17.6 Å². The number of carbonyl (C=O) groups is 1. The van der Waals surface area contributed by atoms with Gasteiger partial charge in [0.25, 0.3) is 0 Å². The molecule has 2 rings (SSSR count). The summed E-state index contributed by atoms with van der Waals surface area (Å²) in [6.45, 7) is 1.61. The fraction of sp³-hybridized carbons (Fsp3) is 0.267. The second-order valence-corrected chi connectivity index (χ2v) is 6.47. The fourth-order valence-electron chi connectivity index (χ4n) is 2.16. The number of hydrogen-bond donors (Lipinski definition) is 0. The van der Waals surface area contributed by atoms with E-state index in [1.54, 1.807) is 13.0 Å². The average molecular weight is 326 g/mol. The Morgan fingerprint density at radius 3 is 2.55 bits per heavy atom. The second-order valence-electron chi connectivity index (χ2n) is 4.90. The maximum Gasteiger partial charge on any atom is 0.309 e. The zero-order chi connectivity index (χ0) is 16.5. The van der Waals surface area contributed by atoms with E-state index in [4.69, 9.17) is 4.18 Å². The molecule has 0 radical (unpaired) electrons. The smallest absolute Gasteiger partial charge is 0.309 e. The van der Waals surface area contributed by atoms with Crippen molar-refractivity contribution < 1.29 is 26.5 Å². The van der Waals surface area contributed by atoms with Gasteiger partial charge in [0, 0.05) is 5.39 Å². The molecule has 0 saturated heterocycles. The van der Waals surface area contributed by atoms with Gasteiger partial charge in [0.05, 0.1) is 19.8 Å². The van der Waals surface area contributed by atoms with Gasteiger partial charge in [0.15, 0.2) is 5.75 Å². The molecule has 2 aromatic rings. The van der Waals surface area contributed by atoms with E-state index >= 15 is 0 Å². The standard InChI is InChI=1S/C15H15FO5S/c1-9-11(7-14(17)20-2)6-10-4-5-12(16)8-13(10)15(9)21-22(3,18)19/h4-6,8H,7H2,1-3H3. The summed E-state index contributed by atoms with van der Waals surface area (Å²) in [6, 6.07) is 5.64. The third-order valence-corrected chi connectivity index (χ3v) is 3.68. The zero-order valence-electron chi connectivity index (χ0n) is 12.3. The van der Waals surface area contributed by atoms with Crippen LogP contribution >= 0.6 is 0 Å². The number of benzene rings is 2. The molecular formula is C15H15FO5S. The Bertz CT molecular complexity index is 843. The molecule has 0 spiro atoms. The SMILES string of the molecule is COC(=O)Cc1cc2ccc(F)cc2c(OS(C)(=O)=O)c1C. The predicted octanol–water partition coefficient (Wildman–Crippen LogP) is 2.34. The Labute approximate surface area is 127 Å². The number of hydrogen-bond acceptors (Lipinski definition) is 5. The van der Waals surface area contributed by atoms with Crippen LogP contribution in [0, 0.1) is 12.7 Å². The zero-order valence-corrected chi connectivity index (χ0v) is 13.2. The van der Waals surface area contributed by atoms with Crippen molar-refractivity contribution in [3.63, 3.8) is 0 Å². The van der Waals surface area contributed by atoms with Crippen molar-refractivity contribution in [3.05, 3.63) is 41.2 Å². The molecular weight excluding hydrogens is 311 g/mol. The third-order valence-electron chi connectivity index (χ3n) is 3.21. The van der Waals surface area contributed by atoms with Crippen LogP contribution in [-0.2, 0) is 26.1 Å². The van der Waals surface area contributed by atoms with Crippen LogP contribution in [0.5, 0.6) is 5.75 Å². The van der Waals surface area contributed by atoms with Gasteiger partial charge < -0.3 is 8.92 Å². The highest BCUT2D eigenvalue weighted by atomic mass is 32.2. The monoisotopic (exact) mass is 326 g/mol. The lowest BCUT2D eigenvalue weighted by molar-refractivity contribution is -0.139. The van der Waals surface area contributed by atoms with Crippen LogP contribution in [0.25, 0.3) is 10.8 Å². The van der Waals surface area contributed by atoms with Crippen LogP contribution in [0.4, 0.5) is 4.39 Å². The van der Waals surface area contributed by atoms with Crippen molar-refractivity contribution in [2.24, 2.45) is 0 Å². The van der Waals surface area contributed by atoms with Crippen molar-refractivity contribution in [1.29, 1.82) is 0 Å². The minimum Gasteiger partial charge on any atom is -0.469 e. The summed E-state index contributed by atoms with van der Waals surface area (Å²) in [4.78, 5) is 11.5. The van der Waals surface area contributed by atoms with Crippen molar-refractivity contribution in [3.8, 4) is 5.75 Å². The first-order valence-electron chi connectivity index (χ1n) is 6.39. The molecule has 0 N–H and O–H groups in total. The van der Waals surface area contributed by atoms with Gasteiger partial charge in [0.2, 0.25) is 0 Å². The Balaban J connectivity index is 2.72. The summed E-state index contributed by atoms with van der Waals surface area (Å²) in [5.74, 6) is -0.945. The summed E-state index contributed by atoms with van der Waals surface area (Å²) in [6.07, 6.45) is 0.875. The van der Waals surface area contributed by atoms with Crippen molar-refractivity contribution in [2.75, 3.05) is 13.4 Å². The number of esters is 1. The molecule has 118 valence electrons. The van der Waals surface area contributed by atoms with E-state index in [-0.39, 0.29) is 12.2 Å². The number of fused-ring (bicyclic) bond motifs is 1. The first kappa shape index (κ1) is 16.2. The molecule has 0 saturated carbocycles. The second kappa shape index (κ2) is 5.92. The minimum absolute atomic E-state index is 0.0263. The molecule has 0 heterocycles. The number of ether oxygens (including phenoxy) is 1. The normalized spacial score (nSPS) is 11.5. The van der Waals surface area contributed by atoms with E-state index in [2.05, 4.69) is 4.74 Å². The Kier molecular flexibility index (Phi) is 4.37. The maximum atomic E-state index is 13.5. The first-order valence-corrected chi connectivity index (χ1v) is 8.21. The van der Waals surface area contributed by atoms with Gasteiger partial charge in [-0.25, -0.2) is 4.39 Å². The van der Waals surface area contributed by atoms with Gasteiger partial charge in [-0.15, -0.1) is 0 Å². The van der Waals surface area contributed by atoms with Crippen LogP contribution in [0.15, 0.2) is 24.3 Å². The summed E-state index contributed by atoms with van der Waals surface area (Å²) in [5, 5.41) is 0.904. The first-order chi connectivity index (χ1) is 10.2. The number of rotatable bonds is 4. The van der Waals surface area contributed by atoms with Crippen molar-refractivity contribution in [1.82, 2.24) is 0 Å². The van der Waals surface area contributed by atoms with E-state index in [1.165, 1.54) is 25.3 Å². The number of halogens is 1. The molecule has 0 aromatic heterocycles. The molecule has 2 aromatic carbocycles. The Morgan fingerprint density at radius 2 is 1.95 bits per heavy atom. The van der Waals surface area contributed by atoms with E-state index in [0.717, 1.165) is 6.26 Å². The molecule has 0 amide bonds. The van der Waals surface area contributed by atoms with Gasteiger partial charge in [-0.1, -0.05) is 12.1 Å². The van der Waals surface area contributed by atoms with Crippen LogP contribution in [-0.4, -0.2) is 27.8 Å². The number of methoxy groups -OCH3 is 1. The largest absolute Gasteiger partial charge is 0.469 e. The maximum absolute atomic E-state index is 13.5. The van der Waals surface area contributed by atoms with Crippen molar-refractivity contribution >= 4 is 26.9 Å². The lowest BCUT2D eigenvalue weighted by Gasteiger charge is -2.14. The van der Waals surface area contributed by atoms with Gasteiger partial charge in [-0.05, 0) is 35.6 Å². The van der Waals surface area contributed by atoms with Crippen LogP contribution in [0.2, 0.25) is 0 Å². The molecule has 0 bridgehead atoms. The van der Waals surface area contributed by atoms with Gasteiger partial charge in [-0.2, -0.15) is 8.42 Å². The highest BCUT2D eigenvalue weighted by molar-refractivity contribution is 7.86. The predicted molar refractivity (Wildman–Crippen MR) is 79.8 cm³/mol. The van der Waals surface area contributed by atoms with Gasteiger partial charge in [-0.3, -0.25) is 4.79 Å². The lowest BCUT2D eigenvalue weighted by atomic mass is 9.98. The Hall–Kier alpha value is -2.15. The molecule has 0 aliphatic rings. The minimum atomic E-state index is -3.79. The molecule has 0 aliphatic carbocycles. The van der Waals surface area contributed by atoms with Crippen LogP contribution < -0.4 is 4.18 Å². The molecule has 7 heteroatoms. The lowest BCUT2D eigenvalue weighted by Crippen LogP contribution is -2.10. The van der Waals surface area contributed by atoms with E-state index in [1.807, 2.05) is 0 Å². The van der Waals surface area contributed by atoms with Crippen LogP contribution in [0.3, 0.4) is 0 Å². The van der Waals surface area contributed by atoms with E-state index < -0.39 is 21.9 Å². The highest BCUT2D eigenvalue weighted by Crippen LogP contribution is 2.34. The topological polar surface area (TPSA) is 69.7 Å². The molecule has 0 unspecified atom stereocenters. The van der Waals surface area contributed by atoms with Crippen molar-refractivity contribution in [2.45, 2.75) is 13.3 Å². The number of carbonyl (C=O) groups excluding carboxylic acids is 1. The summed E-state index contributed by atoms with van der Waals surface area (Å²) < 4.78 is 46.0. The average Bonchev–Trinajstić information content (AvgIpc) is 2.42. The van der Waals surface area contributed by atoms with Crippen LogP contribution in [0.1, 0.15) is 11.1 Å². The molecule has 0 atom stereocenters. The summed E-state index contributed by atoms with van der Waals surface area (Å²) in [7, 11) is -2.53. The highest BCUT2D eigenvalue weighted by Gasteiger charge is 2.18. The van der Waals surface area contributed by atoms with Gasteiger partial charge in [0.1, 0.15) is 5.82 Å². The fourth-order valence-corrected chi connectivity index (χ4v) is 2.68. The molecule has 0 aliphatic heterocycles. The van der Waals surface area contributed by atoms with Gasteiger partial charge >= 0.3 is 16.1 Å². The Morgan fingerprint density at radius 1 is 1.27 bits per heavy atom. The summed E-state index contributed by atoms with van der Waals surface area (Å²) >= 11 is 0. The summed E-state index contributed by atoms with van der Waals surface area (Å²) in [5.41, 5.74) is 1.01.